The Kier molecular flexibility index (Phi) is 7.40. The number of benzene rings is 1. The molecule has 180 valence electrons. The van der Waals surface area contributed by atoms with Crippen LogP contribution in [0.5, 0.6) is 11.5 Å². The summed E-state index contributed by atoms with van der Waals surface area (Å²) in [6.07, 6.45) is 5.67. The molecule has 2 fully saturated rings. The van der Waals surface area contributed by atoms with Gasteiger partial charge in [0.25, 0.3) is 5.91 Å². The molecule has 8 heteroatoms. The first kappa shape index (κ1) is 23.4. The van der Waals surface area contributed by atoms with E-state index in [-0.39, 0.29) is 36.4 Å². The number of carbonyl (C=O) groups is 3. The number of rotatable bonds is 7. The topological polar surface area (TPSA) is 88.2 Å². The molecule has 0 aromatic heterocycles. The van der Waals surface area contributed by atoms with Crippen LogP contribution >= 0.6 is 0 Å². The van der Waals surface area contributed by atoms with Gasteiger partial charge in [0.1, 0.15) is 6.04 Å². The molecule has 8 nitrogen and oxygen atoms in total. The number of nitrogens with zero attached hydrogens (tertiary/aromatic N) is 2. The monoisotopic (exact) mass is 457 g/mol. The number of fused-ring (bicyclic) bond motifs is 1. The maximum absolute atomic E-state index is 13.4. The van der Waals surface area contributed by atoms with E-state index >= 15 is 0 Å². The van der Waals surface area contributed by atoms with Crippen molar-refractivity contribution < 1.29 is 23.9 Å². The van der Waals surface area contributed by atoms with Gasteiger partial charge in [0.05, 0.1) is 0 Å². The van der Waals surface area contributed by atoms with E-state index in [1.807, 2.05) is 18.7 Å². The average Bonchev–Trinajstić information content (AvgIpc) is 3.54. The molecular formula is C25H35N3O5. The fourth-order valence-electron chi connectivity index (χ4n) is 5.26. The second kappa shape index (κ2) is 10.4. The molecule has 4 rings (SSSR count). The average molecular weight is 458 g/mol. The Morgan fingerprint density at radius 1 is 1.03 bits per heavy atom. The number of likely N-dealkylation sites (N-methyl/N-ethyl adjacent to an activating group) is 1. The van der Waals surface area contributed by atoms with Gasteiger partial charge in [0.2, 0.25) is 18.6 Å². The van der Waals surface area contributed by atoms with Crippen molar-refractivity contribution >= 4 is 17.7 Å². The second-order valence-electron chi connectivity index (χ2n) is 9.17. The first-order chi connectivity index (χ1) is 16.0. The van der Waals surface area contributed by atoms with Crippen molar-refractivity contribution in [1.82, 2.24) is 15.1 Å². The lowest BCUT2D eigenvalue weighted by atomic mass is 9.87. The van der Waals surface area contributed by atoms with Gasteiger partial charge in [-0.2, -0.15) is 0 Å². The summed E-state index contributed by atoms with van der Waals surface area (Å²) in [7, 11) is 0. The third-order valence-corrected chi connectivity index (χ3v) is 7.29. The van der Waals surface area contributed by atoms with Crippen LogP contribution in [0.15, 0.2) is 18.2 Å². The largest absolute Gasteiger partial charge is 0.454 e. The summed E-state index contributed by atoms with van der Waals surface area (Å²) in [4.78, 5) is 43.0. The van der Waals surface area contributed by atoms with Gasteiger partial charge < -0.3 is 24.6 Å². The Morgan fingerprint density at radius 3 is 2.36 bits per heavy atom. The lowest BCUT2D eigenvalue weighted by Crippen LogP contribution is -2.55. The highest BCUT2D eigenvalue weighted by molar-refractivity contribution is 5.98. The molecule has 0 radical (unpaired) electrons. The van der Waals surface area contributed by atoms with Gasteiger partial charge in [-0.05, 0) is 63.6 Å². The minimum atomic E-state index is -0.619. The highest BCUT2D eigenvalue weighted by atomic mass is 16.7. The predicted molar refractivity (Wildman–Crippen MR) is 123 cm³/mol. The first-order valence-corrected chi connectivity index (χ1v) is 12.3. The highest BCUT2D eigenvalue weighted by Crippen LogP contribution is 2.33. The molecule has 1 N–H and O–H groups in total. The summed E-state index contributed by atoms with van der Waals surface area (Å²) >= 11 is 0. The summed E-state index contributed by atoms with van der Waals surface area (Å²) in [6, 6.07) is 4.43. The number of nitrogens with one attached hydrogen (secondary N) is 1. The summed E-state index contributed by atoms with van der Waals surface area (Å²) in [5.41, 5.74) is 0.436. The Balaban J connectivity index is 1.45. The van der Waals surface area contributed by atoms with Crippen LogP contribution in [-0.2, 0) is 9.59 Å². The number of likely N-dealkylation sites (tertiary alicyclic amines) is 1. The maximum atomic E-state index is 13.4. The van der Waals surface area contributed by atoms with Crippen LogP contribution in [0.25, 0.3) is 0 Å². The molecule has 0 bridgehead atoms. The first-order valence-electron chi connectivity index (χ1n) is 12.3. The van der Waals surface area contributed by atoms with Gasteiger partial charge in [-0.15, -0.1) is 0 Å². The molecule has 1 saturated carbocycles. The maximum Gasteiger partial charge on any atom is 0.252 e. The van der Waals surface area contributed by atoms with E-state index in [0.29, 0.717) is 56.1 Å². The van der Waals surface area contributed by atoms with E-state index in [4.69, 9.17) is 9.47 Å². The Labute approximate surface area is 195 Å². The Morgan fingerprint density at radius 2 is 1.70 bits per heavy atom. The molecule has 1 atom stereocenters. The molecule has 1 aliphatic carbocycles. The zero-order chi connectivity index (χ0) is 23.4. The number of amides is 3. The molecule has 1 saturated heterocycles. The van der Waals surface area contributed by atoms with Crippen molar-refractivity contribution in [3.63, 3.8) is 0 Å². The molecule has 0 spiro atoms. The third-order valence-electron chi connectivity index (χ3n) is 7.29. The molecule has 3 aliphatic rings. The van der Waals surface area contributed by atoms with Crippen molar-refractivity contribution in [3.05, 3.63) is 23.8 Å². The standard InChI is InChI=1S/C25H35N3O5/c1-3-27(4-2)25(31)22(26-23(29)19-9-10-20-21(15-19)33-16-32-20)17-11-13-28(14-12-17)24(30)18-7-5-6-8-18/h9-10,15,17-18,22H,3-8,11-14,16H2,1-2H3,(H,26,29)/t22-/m0/s1. The normalized spacial score (nSPS) is 19.4. The molecule has 1 aromatic rings. The summed E-state index contributed by atoms with van der Waals surface area (Å²) in [5, 5.41) is 3.01. The highest BCUT2D eigenvalue weighted by Gasteiger charge is 2.37. The Hall–Kier alpha value is -2.77. The molecule has 2 aliphatic heterocycles. The van der Waals surface area contributed by atoms with E-state index in [1.165, 1.54) is 0 Å². The molecule has 1 aromatic carbocycles. The SMILES string of the molecule is CCN(CC)C(=O)[C@@H](NC(=O)c1ccc2c(c1)OCO2)C1CCN(C(=O)C2CCCC2)CC1. The van der Waals surface area contributed by atoms with E-state index < -0.39 is 6.04 Å². The van der Waals surface area contributed by atoms with Crippen LogP contribution in [0.2, 0.25) is 0 Å². The fraction of sp³-hybridized carbons (Fsp3) is 0.640. The molecule has 33 heavy (non-hydrogen) atoms. The second-order valence-corrected chi connectivity index (χ2v) is 9.17. The lowest BCUT2D eigenvalue weighted by Gasteiger charge is -2.38. The van der Waals surface area contributed by atoms with Crippen molar-refractivity contribution in [1.29, 1.82) is 0 Å². The molecule has 2 heterocycles. The van der Waals surface area contributed by atoms with Crippen LogP contribution in [0.1, 0.15) is 62.7 Å². The zero-order valence-electron chi connectivity index (χ0n) is 19.7. The van der Waals surface area contributed by atoms with E-state index in [9.17, 15) is 14.4 Å². The van der Waals surface area contributed by atoms with Gasteiger partial charge >= 0.3 is 0 Å². The predicted octanol–water partition coefficient (Wildman–Crippen LogP) is 2.81. The number of hydrogen-bond donors (Lipinski definition) is 1. The van der Waals surface area contributed by atoms with Gasteiger partial charge in [-0.1, -0.05) is 12.8 Å². The van der Waals surface area contributed by atoms with Gasteiger partial charge in [-0.3, -0.25) is 14.4 Å². The summed E-state index contributed by atoms with van der Waals surface area (Å²) < 4.78 is 10.7. The van der Waals surface area contributed by atoms with E-state index in [0.717, 1.165) is 25.7 Å². The minimum Gasteiger partial charge on any atom is -0.454 e. The fourth-order valence-corrected chi connectivity index (χ4v) is 5.26. The van der Waals surface area contributed by atoms with Crippen molar-refractivity contribution in [2.75, 3.05) is 33.0 Å². The molecular weight excluding hydrogens is 422 g/mol. The van der Waals surface area contributed by atoms with Crippen LogP contribution < -0.4 is 14.8 Å². The quantitative estimate of drug-likeness (QED) is 0.680. The Bertz CT molecular complexity index is 871. The summed E-state index contributed by atoms with van der Waals surface area (Å²) in [5.74, 6) is 1.21. The summed E-state index contributed by atoms with van der Waals surface area (Å²) in [6.45, 7) is 6.49. The third kappa shape index (κ3) is 5.09. The minimum absolute atomic E-state index is 0.0105. The number of hydrogen-bond acceptors (Lipinski definition) is 5. The van der Waals surface area contributed by atoms with Gasteiger partial charge in [0.15, 0.2) is 11.5 Å². The van der Waals surface area contributed by atoms with Crippen molar-refractivity contribution in [2.45, 2.75) is 58.4 Å². The van der Waals surface area contributed by atoms with Crippen molar-refractivity contribution in [3.8, 4) is 11.5 Å². The lowest BCUT2D eigenvalue weighted by molar-refractivity contribution is -0.138. The van der Waals surface area contributed by atoms with E-state index in [2.05, 4.69) is 5.32 Å². The molecule has 0 unspecified atom stereocenters. The number of piperidine rings is 1. The zero-order valence-corrected chi connectivity index (χ0v) is 19.7. The smallest absolute Gasteiger partial charge is 0.252 e. The van der Waals surface area contributed by atoms with Crippen LogP contribution in [0, 0.1) is 11.8 Å². The molecule has 3 amide bonds. The number of ether oxygens (including phenoxy) is 2. The van der Waals surface area contributed by atoms with Gasteiger partial charge in [0, 0.05) is 37.7 Å². The van der Waals surface area contributed by atoms with Crippen LogP contribution in [0.4, 0.5) is 0 Å². The van der Waals surface area contributed by atoms with Gasteiger partial charge in [-0.25, -0.2) is 0 Å². The van der Waals surface area contributed by atoms with Crippen LogP contribution in [0.3, 0.4) is 0 Å². The van der Waals surface area contributed by atoms with Crippen LogP contribution in [-0.4, -0.2) is 66.5 Å². The van der Waals surface area contributed by atoms with E-state index in [1.54, 1.807) is 23.1 Å². The van der Waals surface area contributed by atoms with Crippen molar-refractivity contribution in [2.24, 2.45) is 11.8 Å². The number of carbonyl (C=O) groups excluding carboxylic acids is 3.